The van der Waals surface area contributed by atoms with E-state index in [2.05, 4.69) is 219 Å². The van der Waals surface area contributed by atoms with Crippen molar-refractivity contribution in [3.63, 3.8) is 0 Å². The second-order valence-electron chi connectivity index (χ2n) is 18.5. The highest BCUT2D eigenvalue weighted by Crippen LogP contribution is 2.49. The van der Waals surface area contributed by atoms with Crippen LogP contribution >= 0.6 is 57.4 Å². The summed E-state index contributed by atoms with van der Waals surface area (Å²) in [6, 6.07) is 32.1. The summed E-state index contributed by atoms with van der Waals surface area (Å²) >= 11 is 12.0. The lowest BCUT2D eigenvalue weighted by Gasteiger charge is -2.41. The first-order valence-corrected chi connectivity index (χ1v) is 20.5. The zero-order valence-corrected chi connectivity index (χ0v) is 37.4. The maximum absolute atomic E-state index is 6.67. The summed E-state index contributed by atoms with van der Waals surface area (Å²) < 4.78 is 3.33. The molecule has 1 N–H and O–H groups in total. The fraction of sp³-hybridized carbons (Fsp3) is 0.444. The van der Waals surface area contributed by atoms with E-state index in [1.54, 1.807) is 0 Å². The van der Waals surface area contributed by atoms with Gasteiger partial charge in [-0.05, 0) is 107 Å². The van der Waals surface area contributed by atoms with Gasteiger partial charge >= 0.3 is 0 Å². The summed E-state index contributed by atoms with van der Waals surface area (Å²) in [5.41, 5.74) is 10.9. The molecule has 0 unspecified atom stereocenters. The van der Waals surface area contributed by atoms with E-state index in [1.807, 2.05) is 0 Å². The molecule has 0 radical (unpaired) electrons. The molecule has 4 aromatic rings. The SMILES string of the molecule is CC(C)(C)c1cc(C[N+]2(Cc3cc(C(C)(C)C)cc(C(C)(C)C)c3I)C(=S)N[C@@H](c3ccccc3)[C@@H]2c2ccccc2)c(I)c(C(C)(C)C)c1. The summed E-state index contributed by atoms with van der Waals surface area (Å²) in [6.45, 7) is 29.7. The maximum atomic E-state index is 6.67. The van der Waals surface area contributed by atoms with E-state index in [-0.39, 0.29) is 33.7 Å². The zero-order valence-electron chi connectivity index (χ0n) is 32.3. The maximum Gasteiger partial charge on any atom is 0.271 e. The normalized spacial score (nSPS) is 18.3. The van der Waals surface area contributed by atoms with Gasteiger partial charge in [0.1, 0.15) is 25.2 Å². The average molecular weight is 912 g/mol. The molecular weight excluding hydrogens is 854 g/mol. The molecule has 266 valence electrons. The predicted molar refractivity (Wildman–Crippen MR) is 235 cm³/mol. The van der Waals surface area contributed by atoms with Crippen molar-refractivity contribution in [2.75, 3.05) is 0 Å². The van der Waals surface area contributed by atoms with Crippen molar-refractivity contribution in [1.82, 2.24) is 5.32 Å². The number of hydrogen-bond acceptors (Lipinski definition) is 1. The third-order valence-electron chi connectivity index (χ3n) is 10.4. The van der Waals surface area contributed by atoms with Crippen molar-refractivity contribution in [2.24, 2.45) is 0 Å². The van der Waals surface area contributed by atoms with Crippen LogP contribution in [0.4, 0.5) is 0 Å². The molecule has 2 nitrogen and oxygen atoms in total. The van der Waals surface area contributed by atoms with Gasteiger partial charge in [0.2, 0.25) is 0 Å². The van der Waals surface area contributed by atoms with E-state index in [1.165, 1.54) is 51.6 Å². The minimum Gasteiger partial charge on any atom is -0.318 e. The van der Waals surface area contributed by atoms with Crippen LogP contribution in [0.15, 0.2) is 84.9 Å². The zero-order chi connectivity index (χ0) is 37.0. The highest BCUT2D eigenvalue weighted by molar-refractivity contribution is 14.1. The summed E-state index contributed by atoms with van der Waals surface area (Å²) in [6.07, 6.45) is 0. The van der Waals surface area contributed by atoms with Crippen molar-refractivity contribution in [1.29, 1.82) is 0 Å². The Balaban J connectivity index is 1.86. The van der Waals surface area contributed by atoms with Gasteiger partial charge in [-0.1, -0.05) is 156 Å². The Bertz CT molecular complexity index is 1770. The van der Waals surface area contributed by atoms with Crippen LogP contribution in [0.2, 0.25) is 0 Å². The largest absolute Gasteiger partial charge is 0.318 e. The van der Waals surface area contributed by atoms with Gasteiger partial charge in [-0.2, -0.15) is 0 Å². The van der Waals surface area contributed by atoms with Crippen molar-refractivity contribution in [3.8, 4) is 0 Å². The van der Waals surface area contributed by atoms with Crippen molar-refractivity contribution >= 4 is 62.5 Å². The quantitative estimate of drug-likeness (QED) is 0.118. The fourth-order valence-corrected chi connectivity index (χ4v) is 10.3. The summed E-state index contributed by atoms with van der Waals surface area (Å²) in [4.78, 5) is 0. The van der Waals surface area contributed by atoms with Crippen LogP contribution in [0.3, 0.4) is 0 Å². The number of quaternary nitrogens is 1. The Morgan fingerprint density at radius 2 is 0.940 bits per heavy atom. The average Bonchev–Trinajstić information content (AvgIpc) is 3.28. The highest BCUT2D eigenvalue weighted by atomic mass is 127. The van der Waals surface area contributed by atoms with Crippen molar-refractivity contribution < 1.29 is 4.48 Å². The Morgan fingerprint density at radius 1 is 0.560 bits per heavy atom. The van der Waals surface area contributed by atoms with E-state index in [9.17, 15) is 0 Å². The lowest BCUT2D eigenvalue weighted by atomic mass is 9.79. The molecule has 0 amide bonds. The third-order valence-corrected chi connectivity index (χ3v) is 13.4. The first-order valence-electron chi connectivity index (χ1n) is 18.0. The molecule has 0 saturated carbocycles. The van der Waals surface area contributed by atoms with Gasteiger partial charge in [0.25, 0.3) is 5.11 Å². The van der Waals surface area contributed by atoms with Gasteiger partial charge in [-0.25, -0.2) is 0 Å². The molecule has 1 fully saturated rings. The van der Waals surface area contributed by atoms with Crippen molar-refractivity contribution in [3.05, 3.63) is 137 Å². The van der Waals surface area contributed by atoms with Gasteiger partial charge in [0.05, 0.1) is 0 Å². The Morgan fingerprint density at radius 3 is 1.30 bits per heavy atom. The molecule has 5 rings (SSSR count). The minimum atomic E-state index is 0.00453. The first-order chi connectivity index (χ1) is 23.0. The van der Waals surface area contributed by atoms with Gasteiger partial charge < -0.3 is 5.32 Å². The van der Waals surface area contributed by atoms with Gasteiger partial charge in [0, 0.05) is 36.0 Å². The lowest BCUT2D eigenvalue weighted by Crippen LogP contribution is -2.51. The molecule has 0 bridgehead atoms. The van der Waals surface area contributed by atoms with E-state index in [0.29, 0.717) is 4.48 Å². The van der Waals surface area contributed by atoms with Gasteiger partial charge in [-0.3, -0.25) is 4.48 Å². The molecule has 1 heterocycles. The number of thiocarbonyl (C=S) groups is 1. The van der Waals surface area contributed by atoms with Crippen LogP contribution in [0.1, 0.15) is 140 Å². The number of rotatable bonds is 6. The van der Waals surface area contributed by atoms with Gasteiger partial charge in [0.15, 0.2) is 0 Å². The molecular formula is C45H57I2N2S+. The lowest BCUT2D eigenvalue weighted by molar-refractivity contribution is -0.892. The molecule has 0 aromatic heterocycles. The number of nitrogens with zero attached hydrogens (tertiary/aromatic N) is 1. The molecule has 5 heteroatoms. The Hall–Kier alpha value is -1.81. The Kier molecular flexibility index (Phi) is 11.2. The Labute approximate surface area is 336 Å². The van der Waals surface area contributed by atoms with Crippen LogP contribution in [-0.2, 0) is 34.7 Å². The summed E-state index contributed by atoms with van der Waals surface area (Å²) in [7, 11) is 0. The summed E-state index contributed by atoms with van der Waals surface area (Å²) in [5, 5.41) is 4.88. The first kappa shape index (κ1) is 39.4. The fourth-order valence-electron chi connectivity index (χ4n) is 7.37. The number of halogens is 2. The van der Waals surface area contributed by atoms with Crippen LogP contribution in [0.25, 0.3) is 0 Å². The third kappa shape index (κ3) is 8.06. The minimum absolute atomic E-state index is 0.00453. The smallest absolute Gasteiger partial charge is 0.271 e. The van der Waals surface area contributed by atoms with E-state index < -0.39 is 0 Å². The molecule has 50 heavy (non-hydrogen) atoms. The molecule has 1 aliphatic heterocycles. The van der Waals surface area contributed by atoms with Crippen LogP contribution in [0.5, 0.6) is 0 Å². The number of benzene rings is 4. The number of hydrogen-bond donors (Lipinski definition) is 1. The molecule has 1 aliphatic rings. The highest BCUT2D eigenvalue weighted by Gasteiger charge is 2.55. The molecule has 1 saturated heterocycles. The second-order valence-corrected chi connectivity index (χ2v) is 21.1. The van der Waals surface area contributed by atoms with Crippen LogP contribution in [0, 0.1) is 7.14 Å². The molecule has 2 atom stereocenters. The number of nitrogens with one attached hydrogen (secondary N) is 1. The molecule has 4 aromatic carbocycles. The monoisotopic (exact) mass is 911 g/mol. The van der Waals surface area contributed by atoms with Crippen LogP contribution < -0.4 is 5.32 Å². The summed E-state index contributed by atoms with van der Waals surface area (Å²) in [5.74, 6) is 0. The second kappa shape index (κ2) is 14.2. The molecule has 0 spiro atoms. The van der Waals surface area contributed by atoms with E-state index in [0.717, 1.165) is 18.2 Å². The topological polar surface area (TPSA) is 12.0 Å². The molecule has 0 aliphatic carbocycles. The standard InChI is InChI=1S/C45H56I2N2S/c1-42(2,3)33-23-31(37(46)35(25-33)44(7,8)9)27-49(28-32-24-34(43(4,5)6)26-36(38(32)47)45(10,11)12)40(30-21-17-14-18-22-30)39(48-41(49)50)29-19-15-13-16-20-29/h13-26,39-40H,27-28H2,1-12H3/p+1/t39-,40-/m0/s1. The van der Waals surface area contributed by atoms with Crippen LogP contribution in [-0.4, -0.2) is 9.60 Å². The van der Waals surface area contributed by atoms with Crippen molar-refractivity contribution in [2.45, 2.75) is 130 Å². The van der Waals surface area contributed by atoms with Gasteiger partial charge in [-0.15, -0.1) is 0 Å². The predicted octanol–water partition coefficient (Wildman–Crippen LogP) is 13.0. The van der Waals surface area contributed by atoms with E-state index in [4.69, 9.17) is 12.2 Å². The van der Waals surface area contributed by atoms with E-state index >= 15 is 0 Å².